The summed E-state index contributed by atoms with van der Waals surface area (Å²) >= 11 is 0. The van der Waals surface area contributed by atoms with E-state index in [2.05, 4.69) is 5.32 Å². The minimum Gasteiger partial charge on any atom is -0.323 e. The number of anilines is 2. The molecule has 1 N–H and O–H groups in total. The van der Waals surface area contributed by atoms with E-state index < -0.39 is 0 Å². The number of nitriles is 1. The van der Waals surface area contributed by atoms with Crippen LogP contribution in [-0.4, -0.2) is 18.4 Å². The summed E-state index contributed by atoms with van der Waals surface area (Å²) < 4.78 is 0. The summed E-state index contributed by atoms with van der Waals surface area (Å²) in [6.07, 6.45) is -0.221. The third-order valence-corrected chi connectivity index (χ3v) is 2.30. The molecule has 0 spiro atoms. The fraction of sp³-hybridized carbons (Fsp3) is 0.182. The average Bonchev–Trinajstić information content (AvgIpc) is 2.28. The molecule has 0 radical (unpaired) electrons. The van der Waals surface area contributed by atoms with Gasteiger partial charge in [-0.25, -0.2) is 0 Å². The molecule has 16 heavy (non-hydrogen) atoms. The van der Waals surface area contributed by atoms with Crippen LogP contribution in [0.1, 0.15) is 6.42 Å². The van der Waals surface area contributed by atoms with Crippen molar-refractivity contribution in [3.63, 3.8) is 0 Å². The van der Waals surface area contributed by atoms with E-state index in [0.717, 1.165) is 0 Å². The molecular formula is C11H9N3O2. The van der Waals surface area contributed by atoms with Gasteiger partial charge in [-0.1, -0.05) is 12.1 Å². The summed E-state index contributed by atoms with van der Waals surface area (Å²) in [7, 11) is 0. The van der Waals surface area contributed by atoms with Gasteiger partial charge in [-0.2, -0.15) is 5.26 Å². The lowest BCUT2D eigenvalue weighted by Crippen LogP contribution is -2.41. The van der Waals surface area contributed by atoms with Gasteiger partial charge in [0.1, 0.15) is 13.0 Å². The first-order valence-electron chi connectivity index (χ1n) is 4.78. The van der Waals surface area contributed by atoms with E-state index in [1.807, 2.05) is 0 Å². The molecule has 2 amide bonds. The van der Waals surface area contributed by atoms with Crippen molar-refractivity contribution in [1.29, 1.82) is 5.26 Å². The molecule has 0 aliphatic carbocycles. The third-order valence-electron chi connectivity index (χ3n) is 2.30. The summed E-state index contributed by atoms with van der Waals surface area (Å²) in [5.41, 5.74) is 1.24. The largest absolute Gasteiger partial charge is 0.323 e. The summed E-state index contributed by atoms with van der Waals surface area (Å²) in [4.78, 5) is 24.3. The topological polar surface area (TPSA) is 73.2 Å². The van der Waals surface area contributed by atoms with Crippen molar-refractivity contribution in [2.75, 3.05) is 16.8 Å². The van der Waals surface area contributed by atoms with Crippen molar-refractivity contribution in [2.45, 2.75) is 6.42 Å². The molecule has 80 valence electrons. The van der Waals surface area contributed by atoms with Crippen LogP contribution in [0.3, 0.4) is 0 Å². The molecule has 5 nitrogen and oxygen atoms in total. The third kappa shape index (κ3) is 1.73. The Morgan fingerprint density at radius 1 is 1.50 bits per heavy atom. The molecule has 1 heterocycles. The molecule has 0 saturated heterocycles. The number of fused-ring (bicyclic) bond motifs is 1. The van der Waals surface area contributed by atoms with Gasteiger partial charge in [-0.05, 0) is 12.1 Å². The molecule has 0 aromatic heterocycles. The van der Waals surface area contributed by atoms with Crippen LogP contribution in [0.15, 0.2) is 24.3 Å². The zero-order valence-electron chi connectivity index (χ0n) is 8.43. The van der Waals surface area contributed by atoms with Gasteiger partial charge in [0.05, 0.1) is 17.4 Å². The van der Waals surface area contributed by atoms with Crippen LogP contribution in [0.4, 0.5) is 11.4 Å². The molecule has 0 saturated carbocycles. The molecule has 1 aromatic carbocycles. The Morgan fingerprint density at radius 3 is 3.00 bits per heavy atom. The second-order valence-corrected chi connectivity index (χ2v) is 3.38. The number of nitrogens with zero attached hydrogens (tertiary/aromatic N) is 2. The lowest BCUT2D eigenvalue weighted by molar-refractivity contribution is -0.121. The smallest absolute Gasteiger partial charge is 0.244 e. The van der Waals surface area contributed by atoms with E-state index in [9.17, 15) is 9.59 Å². The first-order chi connectivity index (χ1) is 7.72. The Bertz CT molecular complexity index is 490. The maximum absolute atomic E-state index is 11.6. The van der Waals surface area contributed by atoms with Crippen LogP contribution >= 0.6 is 0 Å². The highest BCUT2D eigenvalue weighted by Crippen LogP contribution is 2.28. The molecule has 5 heteroatoms. The second-order valence-electron chi connectivity index (χ2n) is 3.38. The molecule has 2 rings (SSSR count). The monoisotopic (exact) mass is 215 g/mol. The first-order valence-corrected chi connectivity index (χ1v) is 4.78. The lowest BCUT2D eigenvalue weighted by atomic mass is 10.2. The number of para-hydroxylation sites is 2. The second kappa shape index (κ2) is 4.03. The fourth-order valence-electron chi connectivity index (χ4n) is 1.62. The highest BCUT2D eigenvalue weighted by atomic mass is 16.2. The highest BCUT2D eigenvalue weighted by molar-refractivity contribution is 6.10. The van der Waals surface area contributed by atoms with Crippen LogP contribution < -0.4 is 10.2 Å². The van der Waals surface area contributed by atoms with Crippen molar-refractivity contribution in [3.05, 3.63) is 24.3 Å². The Labute approximate surface area is 92.3 Å². The number of amides is 2. The fourth-order valence-corrected chi connectivity index (χ4v) is 1.62. The minimum atomic E-state index is -0.357. The predicted octanol–water partition coefficient (Wildman–Crippen LogP) is 0.885. The molecule has 1 aliphatic rings. The van der Waals surface area contributed by atoms with Crippen LogP contribution in [-0.2, 0) is 9.59 Å². The van der Waals surface area contributed by atoms with Gasteiger partial charge in [0.15, 0.2) is 0 Å². The number of hydrogen-bond acceptors (Lipinski definition) is 3. The molecule has 0 atom stereocenters. The van der Waals surface area contributed by atoms with E-state index in [1.165, 1.54) is 4.90 Å². The molecular weight excluding hydrogens is 206 g/mol. The van der Waals surface area contributed by atoms with Crippen LogP contribution in [0.5, 0.6) is 0 Å². The molecule has 0 fully saturated rings. The molecule has 1 aromatic rings. The number of benzene rings is 1. The maximum Gasteiger partial charge on any atom is 0.244 e. The predicted molar refractivity (Wildman–Crippen MR) is 57.7 cm³/mol. The van der Waals surface area contributed by atoms with Gasteiger partial charge < -0.3 is 10.2 Å². The quantitative estimate of drug-likeness (QED) is 0.755. The molecule has 0 bridgehead atoms. The van der Waals surface area contributed by atoms with Crippen molar-refractivity contribution in [1.82, 2.24) is 0 Å². The van der Waals surface area contributed by atoms with E-state index >= 15 is 0 Å². The Balaban J connectivity index is 2.38. The summed E-state index contributed by atoms with van der Waals surface area (Å²) in [6.45, 7) is -0.0302. The van der Waals surface area contributed by atoms with Crippen molar-refractivity contribution in [3.8, 4) is 6.07 Å². The average molecular weight is 215 g/mol. The minimum absolute atomic E-state index is 0.0302. The van der Waals surface area contributed by atoms with Crippen molar-refractivity contribution >= 4 is 23.2 Å². The molecule has 1 aliphatic heterocycles. The zero-order chi connectivity index (χ0) is 11.5. The van der Waals surface area contributed by atoms with Gasteiger partial charge in [-0.3, -0.25) is 9.59 Å². The van der Waals surface area contributed by atoms with Gasteiger partial charge in [-0.15, -0.1) is 0 Å². The van der Waals surface area contributed by atoms with Gasteiger partial charge in [0.2, 0.25) is 11.8 Å². The Morgan fingerprint density at radius 2 is 2.25 bits per heavy atom. The van der Waals surface area contributed by atoms with E-state index in [1.54, 1.807) is 30.3 Å². The number of carbonyl (C=O) groups is 2. The maximum atomic E-state index is 11.6. The van der Waals surface area contributed by atoms with Crippen LogP contribution in [0, 0.1) is 11.3 Å². The van der Waals surface area contributed by atoms with Gasteiger partial charge >= 0.3 is 0 Å². The summed E-state index contributed by atoms with van der Waals surface area (Å²) in [6, 6.07) is 8.80. The summed E-state index contributed by atoms with van der Waals surface area (Å²) in [5.74, 6) is -0.602. The lowest BCUT2D eigenvalue weighted by Gasteiger charge is -2.28. The number of carbonyl (C=O) groups excluding carboxylic acids is 2. The first kappa shape index (κ1) is 10.2. The SMILES string of the molecule is N#CCC(=O)N1CC(=O)Nc2ccccc21. The van der Waals surface area contributed by atoms with Crippen molar-refractivity contribution in [2.24, 2.45) is 0 Å². The van der Waals surface area contributed by atoms with Gasteiger partial charge in [0, 0.05) is 0 Å². The molecule has 0 unspecified atom stereocenters. The van der Waals surface area contributed by atoms with Gasteiger partial charge in [0.25, 0.3) is 0 Å². The van der Waals surface area contributed by atoms with E-state index in [4.69, 9.17) is 5.26 Å². The number of nitrogens with one attached hydrogen (secondary N) is 1. The van der Waals surface area contributed by atoms with Crippen LogP contribution in [0.25, 0.3) is 0 Å². The normalized spacial score (nSPS) is 13.7. The van der Waals surface area contributed by atoms with E-state index in [0.29, 0.717) is 11.4 Å². The standard InChI is InChI=1S/C11H9N3O2/c12-6-5-11(16)14-7-10(15)13-8-3-1-2-4-9(8)14/h1-4H,5,7H2,(H,13,15). The Kier molecular flexibility index (Phi) is 2.56. The highest BCUT2D eigenvalue weighted by Gasteiger charge is 2.25. The Hall–Kier alpha value is -2.35. The van der Waals surface area contributed by atoms with E-state index in [-0.39, 0.29) is 24.8 Å². The summed E-state index contributed by atoms with van der Waals surface area (Å²) in [5, 5.41) is 11.2. The number of rotatable bonds is 1. The van der Waals surface area contributed by atoms with Crippen molar-refractivity contribution < 1.29 is 9.59 Å². The zero-order valence-corrected chi connectivity index (χ0v) is 8.43. The number of hydrogen-bond donors (Lipinski definition) is 1. The van der Waals surface area contributed by atoms with Crippen LogP contribution in [0.2, 0.25) is 0 Å².